The van der Waals surface area contributed by atoms with E-state index in [0.29, 0.717) is 29.9 Å². The molecule has 0 aliphatic heterocycles. The number of rotatable bonds is 2. The largest absolute Gasteiger partial charge is 0.475 e. The summed E-state index contributed by atoms with van der Waals surface area (Å²) in [6.45, 7) is 0. The van der Waals surface area contributed by atoms with Crippen molar-refractivity contribution in [2.45, 2.75) is 19.3 Å². The lowest BCUT2D eigenvalue weighted by Gasteiger charge is -2.11. The quantitative estimate of drug-likeness (QED) is 0.655. The van der Waals surface area contributed by atoms with Crippen LogP contribution in [0.4, 0.5) is 4.79 Å². The van der Waals surface area contributed by atoms with E-state index in [2.05, 4.69) is 10.5 Å². The van der Waals surface area contributed by atoms with Crippen molar-refractivity contribution in [2.75, 3.05) is 0 Å². The summed E-state index contributed by atoms with van der Waals surface area (Å²) in [7, 11) is 0. The van der Waals surface area contributed by atoms with Gasteiger partial charge in [-0.1, -0.05) is 0 Å². The molecule has 7 nitrogen and oxygen atoms in total. The highest BCUT2D eigenvalue weighted by molar-refractivity contribution is 6.04. The molecule has 90 valence electrons. The number of furan rings is 1. The molecule has 2 rings (SSSR count). The first-order chi connectivity index (χ1) is 8.08. The van der Waals surface area contributed by atoms with Crippen molar-refractivity contribution in [3.63, 3.8) is 0 Å². The summed E-state index contributed by atoms with van der Waals surface area (Å²) in [6, 6.07) is 0.657. The zero-order valence-electron chi connectivity index (χ0n) is 8.90. The Morgan fingerprint density at radius 1 is 1.47 bits per heavy atom. The van der Waals surface area contributed by atoms with Crippen molar-refractivity contribution >= 4 is 17.7 Å². The summed E-state index contributed by atoms with van der Waals surface area (Å²) in [6.07, 6.45) is 2.10. The fourth-order valence-corrected chi connectivity index (χ4v) is 1.75. The van der Waals surface area contributed by atoms with Crippen molar-refractivity contribution in [1.82, 2.24) is 5.43 Å². The fraction of sp³-hybridized carbons (Fsp3) is 0.300. The lowest BCUT2D eigenvalue weighted by Crippen LogP contribution is -2.26. The molecule has 0 atom stereocenters. The molecule has 7 heteroatoms. The van der Waals surface area contributed by atoms with E-state index in [0.717, 1.165) is 6.42 Å². The molecule has 1 aromatic heterocycles. The number of primary amides is 1. The van der Waals surface area contributed by atoms with E-state index in [-0.39, 0.29) is 5.76 Å². The van der Waals surface area contributed by atoms with E-state index in [4.69, 9.17) is 15.3 Å². The number of carbonyl (C=O) groups excluding carboxylic acids is 1. The highest BCUT2D eigenvalue weighted by Gasteiger charge is 2.23. The summed E-state index contributed by atoms with van der Waals surface area (Å²) in [4.78, 5) is 21.3. The molecule has 0 saturated heterocycles. The van der Waals surface area contributed by atoms with Crippen LogP contribution in [0, 0.1) is 0 Å². The van der Waals surface area contributed by atoms with E-state index in [1.54, 1.807) is 0 Å². The molecular weight excluding hydrogens is 226 g/mol. The average molecular weight is 237 g/mol. The number of carbonyl (C=O) groups is 2. The van der Waals surface area contributed by atoms with Crippen LogP contribution in [0.15, 0.2) is 15.6 Å². The second kappa shape index (κ2) is 4.28. The normalized spacial score (nSPS) is 16.6. The Labute approximate surface area is 96.3 Å². The first-order valence-corrected chi connectivity index (χ1v) is 5.06. The van der Waals surface area contributed by atoms with Crippen LogP contribution in [0.3, 0.4) is 0 Å². The number of nitrogens with zero attached hydrogens (tertiary/aromatic N) is 1. The van der Waals surface area contributed by atoms with Crippen LogP contribution in [-0.4, -0.2) is 22.8 Å². The molecule has 1 aliphatic rings. The summed E-state index contributed by atoms with van der Waals surface area (Å²) >= 11 is 0. The zero-order valence-corrected chi connectivity index (χ0v) is 8.90. The molecule has 1 aromatic rings. The van der Waals surface area contributed by atoms with E-state index in [9.17, 15) is 9.59 Å². The Morgan fingerprint density at radius 2 is 2.24 bits per heavy atom. The number of fused-ring (bicyclic) bond motifs is 1. The summed E-state index contributed by atoms with van der Waals surface area (Å²) < 4.78 is 5.18. The summed E-state index contributed by atoms with van der Waals surface area (Å²) in [5.74, 6) is -0.663. The number of amides is 2. The maximum atomic E-state index is 10.8. The Kier molecular flexibility index (Phi) is 2.82. The predicted octanol–water partition coefficient (Wildman–Crippen LogP) is 0.686. The smallest absolute Gasteiger partial charge is 0.371 e. The van der Waals surface area contributed by atoms with Gasteiger partial charge in [-0.25, -0.2) is 15.0 Å². The van der Waals surface area contributed by atoms with Gasteiger partial charge in [0.1, 0.15) is 5.76 Å². The van der Waals surface area contributed by atoms with Gasteiger partial charge in [0.15, 0.2) is 0 Å². The number of carboxylic acid groups (broad SMARTS) is 1. The first-order valence-electron chi connectivity index (χ1n) is 5.06. The minimum Gasteiger partial charge on any atom is -0.475 e. The van der Waals surface area contributed by atoms with Crippen LogP contribution in [0.1, 0.15) is 34.7 Å². The highest BCUT2D eigenvalue weighted by Crippen LogP contribution is 2.25. The van der Waals surface area contributed by atoms with Gasteiger partial charge in [-0.3, -0.25) is 0 Å². The molecule has 0 bridgehead atoms. The molecule has 1 heterocycles. The number of aryl methyl sites for hydroxylation is 1. The maximum absolute atomic E-state index is 10.8. The Balaban J connectivity index is 2.33. The standard InChI is InChI=1S/C10H11N3O4/c11-10(16)13-12-6-2-1-3-7-5(6)4-8(17-7)9(14)15/h4H,1-3H2,(H,14,15)(H3,11,13,16)/b12-6-. The van der Waals surface area contributed by atoms with Crippen molar-refractivity contribution in [2.24, 2.45) is 10.8 Å². The molecule has 2 amide bonds. The van der Waals surface area contributed by atoms with E-state index in [1.807, 2.05) is 0 Å². The highest BCUT2D eigenvalue weighted by atomic mass is 16.4. The van der Waals surface area contributed by atoms with Gasteiger partial charge >= 0.3 is 12.0 Å². The number of urea groups is 1. The van der Waals surface area contributed by atoms with Crippen LogP contribution < -0.4 is 11.2 Å². The number of nitrogens with two attached hydrogens (primary N) is 1. The predicted molar refractivity (Wildman–Crippen MR) is 57.9 cm³/mol. The Bertz CT molecular complexity index is 504. The molecule has 0 spiro atoms. The SMILES string of the molecule is NC(=O)N/N=C1/CCCc2oc(C(=O)O)cc21. The minimum absolute atomic E-state index is 0.122. The number of nitrogens with one attached hydrogen (secondary N) is 1. The third-order valence-electron chi connectivity index (χ3n) is 2.45. The van der Waals surface area contributed by atoms with Crippen LogP contribution in [0.5, 0.6) is 0 Å². The van der Waals surface area contributed by atoms with Gasteiger partial charge in [-0.15, -0.1) is 0 Å². The molecule has 4 N–H and O–H groups in total. The monoisotopic (exact) mass is 237 g/mol. The lowest BCUT2D eigenvalue weighted by molar-refractivity contribution is 0.0660. The van der Waals surface area contributed by atoms with Gasteiger partial charge < -0.3 is 15.3 Å². The van der Waals surface area contributed by atoms with Crippen molar-refractivity contribution in [3.8, 4) is 0 Å². The first kappa shape index (κ1) is 11.2. The van der Waals surface area contributed by atoms with Crippen LogP contribution in [0.25, 0.3) is 0 Å². The van der Waals surface area contributed by atoms with Crippen molar-refractivity contribution in [3.05, 3.63) is 23.2 Å². The van der Waals surface area contributed by atoms with Crippen molar-refractivity contribution in [1.29, 1.82) is 0 Å². The van der Waals surface area contributed by atoms with Gasteiger partial charge in [-0.05, 0) is 12.8 Å². The molecule has 0 saturated carbocycles. The zero-order chi connectivity index (χ0) is 12.4. The van der Waals surface area contributed by atoms with Crippen LogP contribution in [0.2, 0.25) is 0 Å². The average Bonchev–Trinajstić information content (AvgIpc) is 2.70. The number of hydrogen-bond donors (Lipinski definition) is 3. The molecular formula is C10H11N3O4. The number of carboxylic acids is 1. The number of hydrogen-bond acceptors (Lipinski definition) is 4. The fourth-order valence-electron chi connectivity index (χ4n) is 1.75. The topological polar surface area (TPSA) is 118 Å². The molecule has 0 fully saturated rings. The maximum Gasteiger partial charge on any atom is 0.371 e. The minimum atomic E-state index is -1.12. The summed E-state index contributed by atoms with van der Waals surface area (Å²) in [5, 5.41) is 12.7. The van der Waals surface area contributed by atoms with Crippen LogP contribution in [-0.2, 0) is 6.42 Å². The van der Waals surface area contributed by atoms with E-state index < -0.39 is 12.0 Å². The van der Waals surface area contributed by atoms with Gasteiger partial charge in [0.25, 0.3) is 0 Å². The molecule has 0 radical (unpaired) electrons. The third kappa shape index (κ3) is 2.27. The van der Waals surface area contributed by atoms with Gasteiger partial charge in [-0.2, -0.15) is 5.10 Å². The second-order valence-corrected chi connectivity index (χ2v) is 3.64. The van der Waals surface area contributed by atoms with Gasteiger partial charge in [0.2, 0.25) is 5.76 Å². The van der Waals surface area contributed by atoms with E-state index >= 15 is 0 Å². The van der Waals surface area contributed by atoms with E-state index in [1.165, 1.54) is 6.07 Å². The van der Waals surface area contributed by atoms with Crippen LogP contribution >= 0.6 is 0 Å². The third-order valence-corrected chi connectivity index (χ3v) is 2.45. The second-order valence-electron chi connectivity index (χ2n) is 3.64. The summed E-state index contributed by atoms with van der Waals surface area (Å²) in [5.41, 5.74) is 8.25. The lowest BCUT2D eigenvalue weighted by atomic mass is 9.96. The molecule has 17 heavy (non-hydrogen) atoms. The number of hydrazone groups is 1. The van der Waals surface area contributed by atoms with Gasteiger partial charge in [0.05, 0.1) is 5.71 Å². The molecule has 0 unspecified atom stereocenters. The molecule has 1 aliphatic carbocycles. The van der Waals surface area contributed by atoms with Crippen molar-refractivity contribution < 1.29 is 19.1 Å². The molecule has 0 aromatic carbocycles. The Hall–Kier alpha value is -2.31. The van der Waals surface area contributed by atoms with Gasteiger partial charge in [0, 0.05) is 18.1 Å². The number of aromatic carboxylic acids is 1. The Morgan fingerprint density at radius 3 is 2.88 bits per heavy atom.